The van der Waals surface area contributed by atoms with Crippen molar-refractivity contribution in [3.63, 3.8) is 0 Å². The summed E-state index contributed by atoms with van der Waals surface area (Å²) in [4.78, 5) is 9.39. The Balaban J connectivity index is 0. The highest BCUT2D eigenvalue weighted by molar-refractivity contribution is 8.04. The highest BCUT2D eigenvalue weighted by Crippen LogP contribution is 2.03. The van der Waals surface area contributed by atoms with Crippen molar-refractivity contribution in [1.29, 1.82) is 0 Å². The first-order chi connectivity index (χ1) is 4.68. The third-order valence-corrected chi connectivity index (χ3v) is 1.19. The minimum absolute atomic E-state index is 0.750. The molecule has 0 aromatic rings. The van der Waals surface area contributed by atoms with Gasteiger partial charge in [-0.25, -0.2) is 0 Å². The third-order valence-electron chi connectivity index (χ3n) is 0.203. The Bertz CT molecular complexity index is 205. The summed E-state index contributed by atoms with van der Waals surface area (Å²) < 4.78 is 23.9. The molecule has 0 aliphatic carbocycles. The molecule has 0 rings (SSSR count). The van der Waals surface area contributed by atoms with Gasteiger partial charge in [0.25, 0.3) is 0 Å². The van der Waals surface area contributed by atoms with Crippen LogP contribution < -0.4 is 0 Å². The van der Waals surface area contributed by atoms with Crippen LogP contribution in [0.15, 0.2) is 0 Å². The molecule has 0 fully saturated rings. The van der Waals surface area contributed by atoms with E-state index in [2.05, 4.69) is 11.6 Å². The molecule has 0 heterocycles. The summed E-state index contributed by atoms with van der Waals surface area (Å²) in [5.74, 6) is 0. The third kappa shape index (κ3) is 18.1. The van der Waals surface area contributed by atoms with Crippen LogP contribution in [0.4, 0.5) is 4.79 Å². The summed E-state index contributed by atoms with van der Waals surface area (Å²) in [5, 5.41) is 0. The quantitative estimate of drug-likeness (QED) is 0.413. The molecule has 9 heteroatoms. The minimum atomic E-state index is -4.61. The number of hydrogen-bond acceptors (Lipinski definition) is 3. The van der Waals surface area contributed by atoms with Crippen molar-refractivity contribution in [2.75, 3.05) is 0 Å². The lowest BCUT2D eigenvalue weighted by Crippen LogP contribution is -2.02. The van der Waals surface area contributed by atoms with Crippen molar-refractivity contribution in [1.82, 2.24) is 0 Å². The molecule has 0 saturated carbocycles. The van der Waals surface area contributed by atoms with Gasteiger partial charge in [-0.2, -0.15) is 8.42 Å². The SMILES string of the molecule is ClC(Cl)Cl.O=C(Cl)S(=O)(=O)O. The first kappa shape index (κ1) is 14.3. The molecule has 0 saturated heterocycles. The lowest BCUT2D eigenvalue weighted by atomic mass is 11.8. The molecular weight excluding hydrogens is 262 g/mol. The molecule has 68 valence electrons. The van der Waals surface area contributed by atoms with Gasteiger partial charge in [-0.1, -0.05) is 34.8 Å². The topological polar surface area (TPSA) is 71.4 Å². The van der Waals surface area contributed by atoms with E-state index in [-0.39, 0.29) is 0 Å². The van der Waals surface area contributed by atoms with Gasteiger partial charge < -0.3 is 0 Å². The Hall–Kier alpha value is 0.740. The van der Waals surface area contributed by atoms with E-state index in [0.717, 1.165) is 0 Å². The molecule has 0 unspecified atom stereocenters. The second kappa shape index (κ2) is 6.28. The standard InChI is InChI=1S/CHCl3.CHClO4S/c2-1(3)4;2-1(3)7(4,5)6/h1H;(H,4,5,6). The molecule has 0 spiro atoms. The highest BCUT2D eigenvalue weighted by atomic mass is 35.6. The maximum Gasteiger partial charge on any atom is 0.363 e. The lowest BCUT2D eigenvalue weighted by Gasteiger charge is -1.77. The van der Waals surface area contributed by atoms with Crippen LogP contribution in [-0.2, 0) is 10.1 Å². The van der Waals surface area contributed by atoms with Crippen LogP contribution in [0.25, 0.3) is 0 Å². The number of carbonyl (C=O) groups excluding carboxylic acids is 1. The van der Waals surface area contributed by atoms with Gasteiger partial charge in [-0.15, -0.1) is 0 Å². The van der Waals surface area contributed by atoms with Gasteiger partial charge in [0.2, 0.25) is 0 Å². The van der Waals surface area contributed by atoms with Gasteiger partial charge in [0.05, 0.1) is 0 Å². The van der Waals surface area contributed by atoms with E-state index in [4.69, 9.17) is 39.4 Å². The second-order valence-corrected chi connectivity index (χ2v) is 4.83. The zero-order chi connectivity index (χ0) is 9.65. The molecule has 0 bridgehead atoms. The van der Waals surface area contributed by atoms with E-state index in [1.54, 1.807) is 0 Å². The lowest BCUT2D eigenvalue weighted by molar-refractivity contribution is 0.271. The van der Waals surface area contributed by atoms with E-state index < -0.39 is 19.0 Å². The molecule has 0 aliphatic heterocycles. The number of carbonyl (C=O) groups is 1. The fraction of sp³-hybridized carbons (Fsp3) is 0.500. The van der Waals surface area contributed by atoms with Crippen molar-refractivity contribution in [3.05, 3.63) is 0 Å². The Morgan fingerprint density at radius 3 is 1.36 bits per heavy atom. The van der Waals surface area contributed by atoms with Gasteiger partial charge in [0, 0.05) is 0 Å². The molecule has 0 atom stereocenters. The van der Waals surface area contributed by atoms with Crippen molar-refractivity contribution >= 4 is 61.1 Å². The van der Waals surface area contributed by atoms with Crippen molar-refractivity contribution in [2.45, 2.75) is 4.30 Å². The molecule has 0 amide bonds. The fourth-order valence-electron chi connectivity index (χ4n) is 0. The average Bonchev–Trinajstić information content (AvgIpc) is 1.59. The van der Waals surface area contributed by atoms with Crippen LogP contribution in [0.1, 0.15) is 0 Å². The van der Waals surface area contributed by atoms with Crippen LogP contribution in [0.2, 0.25) is 0 Å². The van der Waals surface area contributed by atoms with Crippen molar-refractivity contribution in [2.24, 2.45) is 0 Å². The van der Waals surface area contributed by atoms with E-state index in [1.807, 2.05) is 0 Å². The number of halogens is 4. The summed E-state index contributed by atoms with van der Waals surface area (Å²) in [6.07, 6.45) is 0. The molecule has 1 N–H and O–H groups in total. The summed E-state index contributed by atoms with van der Waals surface area (Å²) in [6.45, 7) is 0. The summed E-state index contributed by atoms with van der Waals surface area (Å²) >= 11 is 18.7. The smallest absolute Gasteiger partial charge is 0.279 e. The van der Waals surface area contributed by atoms with Crippen LogP contribution >= 0.6 is 46.4 Å². The Labute approximate surface area is 83.1 Å². The second-order valence-electron chi connectivity index (χ2n) is 0.960. The predicted molar refractivity (Wildman–Crippen MR) is 44.1 cm³/mol. The Kier molecular flexibility index (Phi) is 8.15. The zero-order valence-corrected chi connectivity index (χ0v) is 8.51. The monoisotopic (exact) mass is 262 g/mol. The number of rotatable bonds is 0. The number of hydrogen-bond donors (Lipinski definition) is 1. The van der Waals surface area contributed by atoms with E-state index in [9.17, 15) is 13.2 Å². The zero-order valence-electron chi connectivity index (χ0n) is 4.67. The first-order valence-corrected chi connectivity index (χ1v) is 4.90. The van der Waals surface area contributed by atoms with Crippen LogP contribution in [0.3, 0.4) is 0 Å². The minimum Gasteiger partial charge on any atom is -0.279 e. The average molecular weight is 264 g/mol. The van der Waals surface area contributed by atoms with E-state index >= 15 is 0 Å². The number of alkyl halides is 3. The van der Waals surface area contributed by atoms with E-state index in [1.165, 1.54) is 0 Å². The maximum absolute atomic E-state index is 9.41. The fourth-order valence-corrected chi connectivity index (χ4v) is 0. The van der Waals surface area contributed by atoms with Gasteiger partial charge >= 0.3 is 14.7 Å². The normalized spacial score (nSPS) is 10.4. The summed E-state index contributed by atoms with van der Waals surface area (Å²) in [7, 11) is -4.61. The first-order valence-electron chi connectivity index (χ1n) is 1.77. The van der Waals surface area contributed by atoms with Gasteiger partial charge in [-0.3, -0.25) is 9.35 Å². The molecular formula is C2H2Cl4O4S. The molecule has 4 nitrogen and oxygen atoms in total. The predicted octanol–water partition coefficient (Wildman–Crippen LogP) is 2.22. The Morgan fingerprint density at radius 1 is 1.27 bits per heavy atom. The molecule has 0 radical (unpaired) electrons. The largest absolute Gasteiger partial charge is 0.363 e. The maximum atomic E-state index is 9.41. The Morgan fingerprint density at radius 2 is 1.36 bits per heavy atom. The van der Waals surface area contributed by atoms with Gasteiger partial charge in [0.15, 0.2) is 4.30 Å². The van der Waals surface area contributed by atoms with Gasteiger partial charge in [0.1, 0.15) is 0 Å². The summed E-state index contributed by atoms with van der Waals surface area (Å²) in [5.41, 5.74) is 0. The molecule has 0 aromatic heterocycles. The van der Waals surface area contributed by atoms with Crippen molar-refractivity contribution < 1.29 is 17.8 Å². The highest BCUT2D eigenvalue weighted by Gasteiger charge is 2.12. The van der Waals surface area contributed by atoms with Crippen molar-refractivity contribution in [3.8, 4) is 0 Å². The molecule has 0 aliphatic rings. The summed E-state index contributed by atoms with van der Waals surface area (Å²) in [6, 6.07) is 0. The van der Waals surface area contributed by atoms with Gasteiger partial charge in [-0.05, 0) is 11.6 Å². The van der Waals surface area contributed by atoms with E-state index in [0.29, 0.717) is 0 Å². The molecule has 0 aromatic carbocycles. The van der Waals surface area contributed by atoms with Crippen LogP contribution in [0.5, 0.6) is 0 Å². The van der Waals surface area contributed by atoms with Crippen LogP contribution in [-0.4, -0.2) is 21.8 Å². The van der Waals surface area contributed by atoms with Crippen LogP contribution in [0, 0.1) is 0 Å². The molecule has 11 heavy (non-hydrogen) atoms.